The summed E-state index contributed by atoms with van der Waals surface area (Å²) < 4.78 is 12.0. The quantitative estimate of drug-likeness (QED) is 0.269. The van der Waals surface area contributed by atoms with Crippen LogP contribution in [0.25, 0.3) is 22.5 Å². The van der Waals surface area contributed by atoms with Gasteiger partial charge in [-0.25, -0.2) is 9.78 Å². The molecule has 3 aromatic carbocycles. The average molecular weight is 523 g/mol. The molecule has 5 rings (SSSR count). The third-order valence-corrected chi connectivity index (χ3v) is 6.69. The fourth-order valence-corrected chi connectivity index (χ4v) is 4.72. The lowest BCUT2D eigenvalue weighted by Gasteiger charge is -2.17. The number of aryl methyl sites for hydroxylation is 1. The lowest BCUT2D eigenvalue weighted by atomic mass is 9.94. The van der Waals surface area contributed by atoms with Gasteiger partial charge in [0, 0.05) is 17.5 Å². The van der Waals surface area contributed by atoms with Crippen molar-refractivity contribution in [2.45, 2.75) is 39.2 Å². The molecule has 8 nitrogen and oxygen atoms in total. The first-order valence-electron chi connectivity index (χ1n) is 13.0. The summed E-state index contributed by atoms with van der Waals surface area (Å²) in [7, 11) is 1.54. The molecule has 0 radical (unpaired) electrons. The van der Waals surface area contributed by atoms with Crippen molar-refractivity contribution in [2.75, 3.05) is 7.11 Å². The molecule has 39 heavy (non-hydrogen) atoms. The van der Waals surface area contributed by atoms with E-state index in [0.717, 1.165) is 40.8 Å². The minimum atomic E-state index is -0.626. The summed E-state index contributed by atoms with van der Waals surface area (Å²) in [6, 6.07) is 25.9. The molecular weight excluding hydrogens is 492 g/mol. The third-order valence-electron chi connectivity index (χ3n) is 6.69. The number of rotatable bonds is 10. The van der Waals surface area contributed by atoms with E-state index in [1.165, 1.54) is 0 Å². The number of aromatic nitrogens is 4. The Balaban J connectivity index is 1.61. The van der Waals surface area contributed by atoms with Gasteiger partial charge in [-0.1, -0.05) is 91.3 Å². The number of ether oxygens (including phenoxy) is 1. The van der Waals surface area contributed by atoms with Crippen LogP contribution in [0.2, 0.25) is 0 Å². The Labute approximate surface area is 225 Å². The molecule has 0 unspecified atom stereocenters. The Morgan fingerprint density at radius 3 is 2.33 bits per heavy atom. The largest absolute Gasteiger partial charge is 0.468 e. The molecule has 0 fully saturated rings. The number of nitrogens with zero attached hydrogens (tertiary/aromatic N) is 3. The molecular formula is C31H30N4O4. The van der Waals surface area contributed by atoms with Crippen LogP contribution in [0.15, 0.2) is 93.0 Å². The van der Waals surface area contributed by atoms with Gasteiger partial charge in [0.25, 0.3) is 11.6 Å². The molecule has 0 amide bonds. The molecule has 0 aliphatic carbocycles. The van der Waals surface area contributed by atoms with Gasteiger partial charge in [0.15, 0.2) is 5.82 Å². The first-order chi connectivity index (χ1) is 19.1. The van der Waals surface area contributed by atoms with Crippen molar-refractivity contribution in [2.24, 2.45) is 0 Å². The molecule has 0 saturated carbocycles. The fourth-order valence-electron chi connectivity index (χ4n) is 4.72. The van der Waals surface area contributed by atoms with Crippen molar-refractivity contribution in [1.29, 1.82) is 0 Å². The Morgan fingerprint density at radius 1 is 0.923 bits per heavy atom. The highest BCUT2D eigenvalue weighted by Gasteiger charge is 2.19. The van der Waals surface area contributed by atoms with E-state index < -0.39 is 5.76 Å². The van der Waals surface area contributed by atoms with Gasteiger partial charge in [0.1, 0.15) is 0 Å². The van der Waals surface area contributed by atoms with Crippen LogP contribution >= 0.6 is 0 Å². The number of hydrogen-bond acceptors (Lipinski definition) is 6. The molecule has 0 saturated heterocycles. The molecule has 1 N–H and O–H groups in total. The van der Waals surface area contributed by atoms with E-state index in [-0.39, 0.29) is 5.56 Å². The second-order valence-electron chi connectivity index (χ2n) is 9.37. The highest BCUT2D eigenvalue weighted by molar-refractivity contribution is 5.81. The minimum absolute atomic E-state index is 0.125. The fraction of sp³-hybridized carbons (Fsp3) is 0.226. The zero-order chi connectivity index (χ0) is 27.2. The molecule has 5 aromatic rings. The van der Waals surface area contributed by atoms with Gasteiger partial charge in [-0.3, -0.25) is 18.9 Å². The lowest BCUT2D eigenvalue weighted by Crippen LogP contribution is -2.29. The van der Waals surface area contributed by atoms with Gasteiger partial charge < -0.3 is 4.74 Å². The molecule has 198 valence electrons. The molecule has 2 aromatic heterocycles. The van der Waals surface area contributed by atoms with Gasteiger partial charge >= 0.3 is 5.76 Å². The van der Waals surface area contributed by atoms with E-state index in [2.05, 4.69) is 17.1 Å². The van der Waals surface area contributed by atoms with Crippen molar-refractivity contribution in [3.8, 4) is 28.5 Å². The average Bonchev–Trinajstić information content (AvgIpc) is 3.41. The number of H-pyrrole nitrogens is 1. The van der Waals surface area contributed by atoms with Crippen LogP contribution in [0.5, 0.6) is 6.01 Å². The predicted octanol–water partition coefficient (Wildman–Crippen LogP) is 5.24. The van der Waals surface area contributed by atoms with Crippen LogP contribution < -0.4 is 16.1 Å². The maximum absolute atomic E-state index is 14.0. The van der Waals surface area contributed by atoms with Crippen LogP contribution in [0.1, 0.15) is 42.1 Å². The summed E-state index contributed by atoms with van der Waals surface area (Å²) in [6.07, 6.45) is 2.93. The molecule has 0 atom stereocenters. The van der Waals surface area contributed by atoms with Gasteiger partial charge in [0.2, 0.25) is 0 Å². The standard InChI is InChI=1S/C31H30N4O4/c1-3-4-15-27-26(29(36)35(30(32-27)38-2)20-21-11-7-5-8-12-21)19-22-16-17-24(23-13-9-6-10-14-23)25(18-22)28-33-31(37)39-34-28/h5-14,16-18H,3-4,15,19-20H2,1-2H3,(H,33,34,37). The van der Waals surface area contributed by atoms with Crippen LogP contribution in [-0.4, -0.2) is 26.8 Å². The molecule has 2 heterocycles. The van der Waals surface area contributed by atoms with Gasteiger partial charge in [-0.2, -0.15) is 0 Å². The van der Waals surface area contributed by atoms with Crippen molar-refractivity contribution in [3.05, 3.63) is 122 Å². The smallest absolute Gasteiger partial charge is 0.439 e. The maximum Gasteiger partial charge on any atom is 0.439 e. The molecule has 0 aliphatic rings. The predicted molar refractivity (Wildman–Crippen MR) is 150 cm³/mol. The van der Waals surface area contributed by atoms with Crippen LogP contribution in [0.4, 0.5) is 0 Å². The Morgan fingerprint density at radius 2 is 1.67 bits per heavy atom. The normalized spacial score (nSPS) is 11.0. The van der Waals surface area contributed by atoms with Crippen LogP contribution in [0.3, 0.4) is 0 Å². The number of hydrogen-bond donors (Lipinski definition) is 1. The van der Waals surface area contributed by atoms with Crippen molar-refractivity contribution < 1.29 is 9.26 Å². The SMILES string of the molecule is CCCCc1nc(OC)n(Cc2ccccc2)c(=O)c1Cc1ccc(-c2ccccc2)c(-c2noc(=O)[nH]2)c1. The van der Waals surface area contributed by atoms with E-state index in [1.54, 1.807) is 11.7 Å². The third kappa shape index (κ3) is 5.75. The first-order valence-corrected chi connectivity index (χ1v) is 13.0. The molecule has 0 spiro atoms. The number of methoxy groups -OCH3 is 1. The first kappa shape index (κ1) is 25.9. The van der Waals surface area contributed by atoms with Crippen LogP contribution in [-0.2, 0) is 19.4 Å². The van der Waals surface area contributed by atoms with E-state index in [1.807, 2.05) is 78.9 Å². The van der Waals surface area contributed by atoms with E-state index in [9.17, 15) is 9.59 Å². The second kappa shape index (κ2) is 11.8. The number of nitrogens with one attached hydrogen (secondary N) is 1. The Hall–Kier alpha value is -4.72. The van der Waals surface area contributed by atoms with Crippen LogP contribution in [0, 0.1) is 0 Å². The highest BCUT2D eigenvalue weighted by atomic mass is 16.5. The van der Waals surface area contributed by atoms with Crippen molar-refractivity contribution in [3.63, 3.8) is 0 Å². The highest BCUT2D eigenvalue weighted by Crippen LogP contribution is 2.31. The second-order valence-corrected chi connectivity index (χ2v) is 9.37. The van der Waals surface area contributed by atoms with E-state index in [0.29, 0.717) is 42.3 Å². The summed E-state index contributed by atoms with van der Waals surface area (Å²) in [5.74, 6) is -0.291. The Kier molecular flexibility index (Phi) is 7.82. The topological polar surface area (TPSA) is 103 Å². The summed E-state index contributed by atoms with van der Waals surface area (Å²) in [6.45, 7) is 2.47. The van der Waals surface area contributed by atoms with Gasteiger partial charge in [-0.15, -0.1) is 0 Å². The summed E-state index contributed by atoms with van der Waals surface area (Å²) in [5, 5.41) is 3.94. The van der Waals surface area contributed by atoms with Gasteiger partial charge in [0.05, 0.1) is 19.3 Å². The number of aromatic amines is 1. The lowest BCUT2D eigenvalue weighted by molar-refractivity contribution is 0.348. The molecule has 0 aliphatic heterocycles. The van der Waals surface area contributed by atoms with E-state index >= 15 is 0 Å². The summed E-state index contributed by atoms with van der Waals surface area (Å²) in [5.41, 5.74) is 5.70. The van der Waals surface area contributed by atoms with E-state index in [4.69, 9.17) is 14.2 Å². The maximum atomic E-state index is 14.0. The Bertz CT molecular complexity index is 1670. The summed E-state index contributed by atoms with van der Waals surface area (Å²) in [4.78, 5) is 33.2. The molecule has 8 heteroatoms. The monoisotopic (exact) mass is 522 g/mol. The number of benzene rings is 3. The van der Waals surface area contributed by atoms with Crippen molar-refractivity contribution >= 4 is 0 Å². The summed E-state index contributed by atoms with van der Waals surface area (Å²) >= 11 is 0. The number of unbranched alkanes of at least 4 members (excludes halogenated alkanes) is 1. The van der Waals surface area contributed by atoms with Gasteiger partial charge in [-0.05, 0) is 41.2 Å². The minimum Gasteiger partial charge on any atom is -0.468 e. The van der Waals surface area contributed by atoms with Crippen molar-refractivity contribution in [1.82, 2.24) is 19.7 Å². The zero-order valence-electron chi connectivity index (χ0n) is 22.0. The zero-order valence-corrected chi connectivity index (χ0v) is 22.0. The molecule has 0 bridgehead atoms.